The van der Waals surface area contributed by atoms with Gasteiger partial charge in [0.1, 0.15) is 12.4 Å². The highest BCUT2D eigenvalue weighted by Gasteiger charge is 2.40. The van der Waals surface area contributed by atoms with Crippen molar-refractivity contribution < 1.29 is 14.3 Å². The molecule has 3 aromatic rings. The van der Waals surface area contributed by atoms with Gasteiger partial charge in [0.05, 0.1) is 29.0 Å². The maximum absolute atomic E-state index is 13.7. The molecule has 0 saturated carbocycles. The van der Waals surface area contributed by atoms with E-state index in [1.54, 1.807) is 23.8 Å². The maximum Gasteiger partial charge on any atom is 0.240 e. The Morgan fingerprint density at radius 1 is 1.16 bits per heavy atom. The number of aryl methyl sites for hydroxylation is 2. The van der Waals surface area contributed by atoms with Crippen molar-refractivity contribution in [3.63, 3.8) is 0 Å². The number of carbonyl (C=O) groups is 2. The Morgan fingerprint density at radius 2 is 1.89 bits per heavy atom. The number of nitrogens with one attached hydrogen (secondary N) is 1. The van der Waals surface area contributed by atoms with Gasteiger partial charge in [-0.1, -0.05) is 62.7 Å². The average molecular weight is 535 g/mol. The summed E-state index contributed by atoms with van der Waals surface area (Å²) in [4.78, 5) is 28.4. The zero-order chi connectivity index (χ0) is 27.6. The van der Waals surface area contributed by atoms with Gasteiger partial charge in [-0.3, -0.25) is 14.5 Å². The van der Waals surface area contributed by atoms with Crippen molar-refractivity contribution in [1.82, 2.24) is 15.1 Å². The smallest absolute Gasteiger partial charge is 0.240 e. The van der Waals surface area contributed by atoms with Crippen LogP contribution in [0.5, 0.6) is 0 Å². The average Bonchev–Trinajstić information content (AvgIpc) is 3.19. The Hall–Kier alpha value is -3.10. The molecule has 0 fully saturated rings. The standard InChI is InChI=1S/C30H38N4O3S/c1-19-10-8-12-22(16-19)27-26-28(30(4,5)6)32-34(23-13-9-11-20(2)21(23)3)29(26)33(25(36)18-38-27)17-24(35)31-14-15-37-7/h8-13,16,27H,14-15,17-18H2,1-7H3,(H,31,35)/t27-/m0/s1. The summed E-state index contributed by atoms with van der Waals surface area (Å²) in [5.74, 6) is 0.591. The third kappa shape index (κ3) is 5.66. The molecule has 2 aromatic carbocycles. The second kappa shape index (κ2) is 11.3. The molecule has 0 unspecified atom stereocenters. The first-order chi connectivity index (χ1) is 18.0. The molecule has 0 radical (unpaired) electrons. The van der Waals surface area contributed by atoms with Gasteiger partial charge in [0.2, 0.25) is 11.8 Å². The first kappa shape index (κ1) is 27.9. The molecular weight excluding hydrogens is 496 g/mol. The number of fused-ring (bicyclic) bond motifs is 1. The molecule has 1 atom stereocenters. The molecule has 0 saturated heterocycles. The molecule has 0 spiro atoms. The lowest BCUT2D eigenvalue weighted by molar-refractivity contribution is -0.123. The Morgan fingerprint density at radius 3 is 2.58 bits per heavy atom. The predicted molar refractivity (Wildman–Crippen MR) is 154 cm³/mol. The topological polar surface area (TPSA) is 76.5 Å². The molecule has 38 heavy (non-hydrogen) atoms. The van der Waals surface area contributed by atoms with Gasteiger partial charge in [-0.2, -0.15) is 5.10 Å². The first-order valence-electron chi connectivity index (χ1n) is 13.0. The molecule has 1 aromatic heterocycles. The van der Waals surface area contributed by atoms with Gasteiger partial charge < -0.3 is 10.1 Å². The van der Waals surface area contributed by atoms with Crippen LogP contribution in [0.2, 0.25) is 0 Å². The van der Waals surface area contributed by atoms with E-state index in [1.165, 1.54) is 0 Å². The molecule has 8 heteroatoms. The minimum absolute atomic E-state index is 0.0865. The van der Waals surface area contributed by atoms with Crippen molar-refractivity contribution in [1.29, 1.82) is 0 Å². The van der Waals surface area contributed by atoms with Crippen LogP contribution in [0.4, 0.5) is 5.82 Å². The van der Waals surface area contributed by atoms with Gasteiger partial charge in [-0.05, 0) is 43.5 Å². The normalized spacial score (nSPS) is 15.8. The number of ether oxygens (including phenoxy) is 1. The Labute approximate surface area is 229 Å². The Bertz CT molecular complexity index is 1340. The highest BCUT2D eigenvalue weighted by atomic mass is 32.2. The monoisotopic (exact) mass is 534 g/mol. The SMILES string of the molecule is COCCNC(=O)CN1C(=O)CS[C@@H](c2cccc(C)c2)c2c(C(C)(C)C)nn(-c3cccc(C)c3C)c21. The second-order valence-corrected chi connectivity index (χ2v) is 12.0. The van der Waals surface area contributed by atoms with Crippen LogP contribution in [-0.2, 0) is 19.7 Å². The van der Waals surface area contributed by atoms with Gasteiger partial charge in [-0.25, -0.2) is 4.68 Å². The number of rotatable bonds is 7. The fourth-order valence-corrected chi connectivity index (χ4v) is 5.98. The number of aromatic nitrogens is 2. The molecule has 2 amide bonds. The lowest BCUT2D eigenvalue weighted by atomic mass is 9.87. The van der Waals surface area contributed by atoms with Crippen LogP contribution in [0, 0.1) is 20.8 Å². The number of anilines is 1. The van der Waals surface area contributed by atoms with Crippen molar-refractivity contribution in [2.24, 2.45) is 0 Å². The van der Waals surface area contributed by atoms with Gasteiger partial charge >= 0.3 is 0 Å². The predicted octanol–water partition coefficient (Wildman–Crippen LogP) is 5.03. The Kier molecular flexibility index (Phi) is 8.33. The molecule has 7 nitrogen and oxygen atoms in total. The lowest BCUT2D eigenvalue weighted by Gasteiger charge is -2.25. The largest absolute Gasteiger partial charge is 0.383 e. The summed E-state index contributed by atoms with van der Waals surface area (Å²) < 4.78 is 6.98. The first-order valence-corrected chi connectivity index (χ1v) is 14.0. The van der Waals surface area contributed by atoms with Crippen molar-refractivity contribution >= 4 is 29.4 Å². The lowest BCUT2D eigenvalue weighted by Crippen LogP contribution is -2.43. The third-order valence-electron chi connectivity index (χ3n) is 6.88. The third-order valence-corrected chi connectivity index (χ3v) is 8.13. The van der Waals surface area contributed by atoms with Crippen molar-refractivity contribution in [2.45, 2.75) is 52.2 Å². The zero-order valence-corrected chi connectivity index (χ0v) is 24.2. The molecule has 1 N–H and O–H groups in total. The van der Waals surface area contributed by atoms with E-state index in [0.29, 0.717) is 19.0 Å². The molecule has 202 valence electrons. The van der Waals surface area contributed by atoms with E-state index in [9.17, 15) is 9.59 Å². The summed E-state index contributed by atoms with van der Waals surface area (Å²) in [6.07, 6.45) is 0. The maximum atomic E-state index is 13.7. The van der Waals surface area contributed by atoms with E-state index >= 15 is 0 Å². The van der Waals surface area contributed by atoms with Crippen LogP contribution >= 0.6 is 11.8 Å². The van der Waals surface area contributed by atoms with E-state index in [-0.39, 0.29) is 34.8 Å². The molecule has 2 heterocycles. The van der Waals surface area contributed by atoms with Gasteiger partial charge in [-0.15, -0.1) is 11.8 Å². The van der Waals surface area contributed by atoms with Gasteiger partial charge in [0.15, 0.2) is 0 Å². The van der Waals surface area contributed by atoms with E-state index in [1.807, 2.05) is 16.8 Å². The number of methoxy groups -OCH3 is 1. The van der Waals surface area contributed by atoms with E-state index in [0.717, 1.165) is 39.2 Å². The molecule has 1 aliphatic heterocycles. The Balaban J connectivity index is 1.99. The quantitative estimate of drug-likeness (QED) is 0.431. The molecule has 1 aliphatic rings. The van der Waals surface area contributed by atoms with Crippen LogP contribution in [0.25, 0.3) is 5.69 Å². The van der Waals surface area contributed by atoms with E-state index < -0.39 is 0 Å². The number of thioether (sulfide) groups is 1. The summed E-state index contributed by atoms with van der Waals surface area (Å²) in [5.41, 5.74) is 7.03. The van der Waals surface area contributed by atoms with Crippen LogP contribution in [-0.4, -0.2) is 54.2 Å². The summed E-state index contributed by atoms with van der Waals surface area (Å²) >= 11 is 1.60. The zero-order valence-electron chi connectivity index (χ0n) is 23.4. The second-order valence-electron chi connectivity index (χ2n) is 10.9. The molecule has 4 rings (SSSR count). The van der Waals surface area contributed by atoms with Gasteiger partial charge in [0, 0.05) is 24.6 Å². The number of carbonyl (C=O) groups excluding carboxylic acids is 2. The van der Waals surface area contributed by atoms with Crippen molar-refractivity contribution in [3.05, 3.63) is 76.0 Å². The highest BCUT2D eigenvalue weighted by molar-refractivity contribution is 8.00. The molecule has 0 bridgehead atoms. The van der Waals surface area contributed by atoms with Crippen LogP contribution in [0.3, 0.4) is 0 Å². The number of hydrogen-bond donors (Lipinski definition) is 1. The minimum atomic E-state index is -0.296. The number of benzene rings is 2. The fourth-order valence-electron chi connectivity index (χ4n) is 4.79. The molecule has 0 aliphatic carbocycles. The molecular formula is C30H38N4O3S. The number of nitrogens with zero attached hydrogens (tertiary/aromatic N) is 3. The summed E-state index contributed by atoms with van der Waals surface area (Å²) in [5, 5.41) is 7.97. The summed E-state index contributed by atoms with van der Waals surface area (Å²) in [6, 6.07) is 14.6. The van der Waals surface area contributed by atoms with Crippen LogP contribution in [0.15, 0.2) is 42.5 Å². The highest BCUT2D eigenvalue weighted by Crippen LogP contribution is 2.48. The minimum Gasteiger partial charge on any atom is -0.383 e. The van der Waals surface area contributed by atoms with Gasteiger partial charge in [0.25, 0.3) is 0 Å². The number of amides is 2. The fraction of sp³-hybridized carbons (Fsp3) is 0.433. The van der Waals surface area contributed by atoms with Crippen molar-refractivity contribution in [3.8, 4) is 5.69 Å². The summed E-state index contributed by atoms with van der Waals surface area (Å²) in [6.45, 7) is 13.4. The van der Waals surface area contributed by atoms with Crippen LogP contribution in [0.1, 0.15) is 59.5 Å². The number of hydrogen-bond acceptors (Lipinski definition) is 5. The summed E-state index contributed by atoms with van der Waals surface area (Å²) in [7, 11) is 1.59. The van der Waals surface area contributed by atoms with E-state index in [2.05, 4.69) is 77.2 Å². The van der Waals surface area contributed by atoms with Crippen LogP contribution < -0.4 is 10.2 Å². The van der Waals surface area contributed by atoms with Crippen molar-refractivity contribution in [2.75, 3.05) is 37.5 Å². The van der Waals surface area contributed by atoms with E-state index in [4.69, 9.17) is 9.84 Å².